The number of sulfonamides is 1. The van der Waals surface area contributed by atoms with Crippen molar-refractivity contribution in [2.45, 2.75) is 11.1 Å². The molecule has 0 fully saturated rings. The SMILES string of the molecule is O=S(=O)(Nc1ccc(F)c(Cl)c1)c1ccc(C(F)(F)F)cc1. The van der Waals surface area contributed by atoms with Gasteiger partial charge in [-0.05, 0) is 42.5 Å². The van der Waals surface area contributed by atoms with E-state index < -0.39 is 27.6 Å². The van der Waals surface area contributed by atoms with Crippen LogP contribution in [0.3, 0.4) is 0 Å². The van der Waals surface area contributed by atoms with E-state index in [2.05, 4.69) is 4.72 Å². The Morgan fingerprint density at radius 2 is 1.59 bits per heavy atom. The second-order valence-corrected chi connectivity index (χ2v) is 6.35. The summed E-state index contributed by atoms with van der Waals surface area (Å²) in [6.07, 6.45) is -4.56. The molecule has 1 N–H and O–H groups in total. The Morgan fingerprint density at radius 3 is 2.09 bits per heavy atom. The van der Waals surface area contributed by atoms with Crippen molar-refractivity contribution in [1.29, 1.82) is 0 Å². The van der Waals surface area contributed by atoms with Gasteiger partial charge in [-0.25, -0.2) is 12.8 Å². The number of benzene rings is 2. The second kappa shape index (κ2) is 5.77. The normalized spacial score (nSPS) is 12.2. The lowest BCUT2D eigenvalue weighted by atomic mass is 10.2. The molecule has 118 valence electrons. The first-order chi connectivity index (χ1) is 10.1. The Hall–Kier alpha value is -1.80. The van der Waals surface area contributed by atoms with Crippen molar-refractivity contribution in [3.8, 4) is 0 Å². The highest BCUT2D eigenvalue weighted by atomic mass is 35.5. The quantitative estimate of drug-likeness (QED) is 0.836. The summed E-state index contributed by atoms with van der Waals surface area (Å²) in [5.41, 5.74) is -0.970. The zero-order valence-electron chi connectivity index (χ0n) is 10.7. The predicted molar refractivity (Wildman–Crippen MR) is 73.7 cm³/mol. The molecule has 0 radical (unpaired) electrons. The standard InChI is InChI=1S/C13H8ClF4NO2S/c14-11-7-9(3-6-12(11)15)19-22(20,21)10-4-1-8(2-5-10)13(16,17)18/h1-7,19H. The van der Waals surface area contributed by atoms with Gasteiger partial charge in [-0.2, -0.15) is 13.2 Å². The van der Waals surface area contributed by atoms with Crippen LogP contribution in [-0.4, -0.2) is 8.42 Å². The molecule has 0 amide bonds. The number of nitrogens with one attached hydrogen (secondary N) is 1. The lowest BCUT2D eigenvalue weighted by molar-refractivity contribution is -0.137. The first-order valence-corrected chi connectivity index (χ1v) is 7.61. The summed E-state index contributed by atoms with van der Waals surface area (Å²) < 4.78 is 76.4. The fourth-order valence-corrected chi connectivity index (χ4v) is 2.83. The third-order valence-corrected chi connectivity index (χ3v) is 4.35. The molecule has 0 aliphatic rings. The van der Waals surface area contributed by atoms with Crippen LogP contribution in [-0.2, 0) is 16.2 Å². The molecule has 22 heavy (non-hydrogen) atoms. The summed E-state index contributed by atoms with van der Waals surface area (Å²) in [6.45, 7) is 0. The third kappa shape index (κ3) is 3.69. The molecule has 0 heterocycles. The van der Waals surface area contributed by atoms with Crippen molar-refractivity contribution >= 4 is 27.3 Å². The molecule has 0 aliphatic carbocycles. The average molecular weight is 354 g/mol. The van der Waals surface area contributed by atoms with Crippen LogP contribution in [0.25, 0.3) is 0 Å². The highest BCUT2D eigenvalue weighted by molar-refractivity contribution is 7.92. The molecular weight excluding hydrogens is 346 g/mol. The third-order valence-electron chi connectivity index (χ3n) is 2.66. The van der Waals surface area contributed by atoms with Gasteiger partial charge in [-0.3, -0.25) is 4.72 Å². The summed E-state index contributed by atoms with van der Waals surface area (Å²) in [5.74, 6) is -0.723. The Labute approximate surface area is 128 Å². The number of halogens is 5. The van der Waals surface area contributed by atoms with Crippen LogP contribution >= 0.6 is 11.6 Å². The van der Waals surface area contributed by atoms with Gasteiger partial charge in [0.1, 0.15) is 5.82 Å². The molecular formula is C13H8ClF4NO2S. The van der Waals surface area contributed by atoms with Crippen molar-refractivity contribution in [1.82, 2.24) is 0 Å². The molecule has 2 rings (SSSR count). The molecule has 3 nitrogen and oxygen atoms in total. The molecule has 0 bridgehead atoms. The number of hydrogen-bond acceptors (Lipinski definition) is 2. The van der Waals surface area contributed by atoms with Crippen LogP contribution in [0.2, 0.25) is 5.02 Å². The summed E-state index contributed by atoms with van der Waals surface area (Å²) >= 11 is 5.52. The molecule has 0 spiro atoms. The summed E-state index contributed by atoms with van der Waals surface area (Å²) in [6, 6.07) is 6.14. The van der Waals surface area contributed by atoms with E-state index in [1.807, 2.05) is 0 Å². The van der Waals surface area contributed by atoms with E-state index in [-0.39, 0.29) is 15.6 Å². The van der Waals surface area contributed by atoms with E-state index in [1.54, 1.807) is 0 Å². The Kier molecular flexibility index (Phi) is 4.35. The van der Waals surface area contributed by atoms with Crippen molar-refractivity contribution in [2.24, 2.45) is 0 Å². The number of hydrogen-bond donors (Lipinski definition) is 1. The van der Waals surface area contributed by atoms with Crippen molar-refractivity contribution in [2.75, 3.05) is 4.72 Å². The van der Waals surface area contributed by atoms with Gasteiger partial charge in [0.05, 0.1) is 21.2 Å². The van der Waals surface area contributed by atoms with Gasteiger partial charge < -0.3 is 0 Å². The second-order valence-electron chi connectivity index (χ2n) is 4.26. The minimum Gasteiger partial charge on any atom is -0.280 e. The van der Waals surface area contributed by atoms with Gasteiger partial charge in [0.25, 0.3) is 10.0 Å². The van der Waals surface area contributed by atoms with Gasteiger partial charge >= 0.3 is 6.18 Å². The first-order valence-electron chi connectivity index (χ1n) is 5.75. The zero-order chi connectivity index (χ0) is 16.5. The molecule has 0 saturated heterocycles. The average Bonchev–Trinajstić information content (AvgIpc) is 2.42. The lowest BCUT2D eigenvalue weighted by Gasteiger charge is -2.10. The maximum atomic E-state index is 13.0. The lowest BCUT2D eigenvalue weighted by Crippen LogP contribution is -2.13. The maximum absolute atomic E-state index is 13.0. The molecule has 0 atom stereocenters. The van der Waals surface area contributed by atoms with Gasteiger partial charge in [0.15, 0.2) is 0 Å². The maximum Gasteiger partial charge on any atom is 0.416 e. The van der Waals surface area contributed by atoms with Crippen LogP contribution in [0.1, 0.15) is 5.56 Å². The Balaban J connectivity index is 2.28. The van der Waals surface area contributed by atoms with Crippen LogP contribution in [0, 0.1) is 5.82 Å². The van der Waals surface area contributed by atoms with Crippen LogP contribution in [0.5, 0.6) is 0 Å². The minimum absolute atomic E-state index is 0.00806. The van der Waals surface area contributed by atoms with E-state index in [4.69, 9.17) is 11.6 Å². The van der Waals surface area contributed by atoms with E-state index >= 15 is 0 Å². The van der Waals surface area contributed by atoms with E-state index in [9.17, 15) is 26.0 Å². The Morgan fingerprint density at radius 1 is 1.00 bits per heavy atom. The molecule has 2 aromatic rings. The highest BCUT2D eigenvalue weighted by Crippen LogP contribution is 2.30. The molecule has 0 unspecified atom stereocenters. The van der Waals surface area contributed by atoms with Crippen LogP contribution in [0.4, 0.5) is 23.2 Å². The predicted octanol–water partition coefficient (Wildman–Crippen LogP) is 4.30. The molecule has 0 aliphatic heterocycles. The van der Waals surface area contributed by atoms with Gasteiger partial charge in [-0.15, -0.1) is 0 Å². The van der Waals surface area contributed by atoms with Crippen molar-refractivity contribution < 1.29 is 26.0 Å². The van der Waals surface area contributed by atoms with E-state index in [0.717, 1.165) is 30.3 Å². The minimum atomic E-state index is -4.56. The van der Waals surface area contributed by atoms with Crippen LogP contribution in [0.15, 0.2) is 47.4 Å². The van der Waals surface area contributed by atoms with Crippen LogP contribution < -0.4 is 4.72 Å². The summed E-state index contributed by atoms with van der Waals surface area (Å²) in [7, 11) is -4.10. The fourth-order valence-electron chi connectivity index (χ4n) is 1.60. The zero-order valence-corrected chi connectivity index (χ0v) is 12.2. The van der Waals surface area contributed by atoms with Crippen molar-refractivity contribution in [3.63, 3.8) is 0 Å². The molecule has 0 saturated carbocycles. The monoisotopic (exact) mass is 353 g/mol. The van der Waals surface area contributed by atoms with E-state index in [0.29, 0.717) is 12.1 Å². The summed E-state index contributed by atoms with van der Waals surface area (Å²) in [4.78, 5) is -0.360. The topological polar surface area (TPSA) is 46.2 Å². The highest BCUT2D eigenvalue weighted by Gasteiger charge is 2.30. The molecule has 9 heteroatoms. The first kappa shape index (κ1) is 16.6. The van der Waals surface area contributed by atoms with E-state index in [1.165, 1.54) is 0 Å². The van der Waals surface area contributed by atoms with Gasteiger partial charge in [-0.1, -0.05) is 11.6 Å². The molecule has 2 aromatic carbocycles. The Bertz CT molecular complexity index is 789. The number of rotatable bonds is 3. The number of anilines is 1. The summed E-state index contributed by atoms with van der Waals surface area (Å²) in [5, 5.41) is -0.285. The smallest absolute Gasteiger partial charge is 0.280 e. The van der Waals surface area contributed by atoms with Crippen molar-refractivity contribution in [3.05, 3.63) is 58.9 Å². The van der Waals surface area contributed by atoms with Gasteiger partial charge in [0, 0.05) is 0 Å². The number of alkyl halides is 3. The fraction of sp³-hybridized carbons (Fsp3) is 0.0769. The molecule has 0 aromatic heterocycles. The van der Waals surface area contributed by atoms with Gasteiger partial charge in [0.2, 0.25) is 0 Å². The largest absolute Gasteiger partial charge is 0.416 e.